The van der Waals surface area contributed by atoms with Crippen molar-refractivity contribution < 1.29 is 8.42 Å². The number of fused-ring (bicyclic) bond motifs is 1. The maximum absolute atomic E-state index is 11.5. The van der Waals surface area contributed by atoms with Crippen LogP contribution in [-0.4, -0.2) is 27.0 Å². The normalized spacial score (nSPS) is 16.5. The van der Waals surface area contributed by atoms with Gasteiger partial charge in [-0.3, -0.25) is 0 Å². The molecule has 0 saturated heterocycles. The Morgan fingerprint density at radius 2 is 2.21 bits per heavy atom. The zero-order valence-electron chi connectivity index (χ0n) is 11.7. The molecule has 5 heteroatoms. The third kappa shape index (κ3) is 3.80. The van der Waals surface area contributed by atoms with E-state index in [1.807, 2.05) is 18.4 Å². The monoisotopic (exact) mass is 301 g/mol. The molecule has 0 radical (unpaired) electrons. The molecular weight excluding hydrogens is 278 g/mol. The second kappa shape index (κ2) is 6.37. The van der Waals surface area contributed by atoms with Crippen molar-refractivity contribution in [3.63, 3.8) is 0 Å². The van der Waals surface area contributed by atoms with Crippen molar-refractivity contribution in [2.45, 2.75) is 45.1 Å². The van der Waals surface area contributed by atoms with Gasteiger partial charge in [-0.2, -0.15) is 0 Å². The van der Waals surface area contributed by atoms with E-state index in [1.165, 1.54) is 34.6 Å². The largest absolute Gasteiger partial charge is 0.312 e. The van der Waals surface area contributed by atoms with Crippen molar-refractivity contribution in [2.75, 3.05) is 18.6 Å². The quantitative estimate of drug-likeness (QED) is 0.842. The Hall–Kier alpha value is -0.390. The second-order valence-electron chi connectivity index (χ2n) is 5.17. The fourth-order valence-corrected chi connectivity index (χ4v) is 4.90. The molecule has 1 atom stereocenters. The molecular formula is C14H23NO2S2. The van der Waals surface area contributed by atoms with Crippen LogP contribution in [0.5, 0.6) is 0 Å². The molecule has 1 N–H and O–H groups in total. The van der Waals surface area contributed by atoms with E-state index in [1.54, 1.807) is 6.92 Å². The van der Waals surface area contributed by atoms with Gasteiger partial charge in [-0.1, -0.05) is 6.92 Å². The SMILES string of the molecule is CCS(=O)(=O)CCCC(NC)c1cc2c(s1)CCC2. The lowest BCUT2D eigenvalue weighted by Crippen LogP contribution is -2.17. The van der Waals surface area contributed by atoms with E-state index in [9.17, 15) is 8.42 Å². The lowest BCUT2D eigenvalue weighted by Gasteiger charge is -2.14. The molecule has 0 aliphatic heterocycles. The molecule has 1 unspecified atom stereocenters. The van der Waals surface area contributed by atoms with E-state index in [0.717, 1.165) is 12.8 Å². The first kappa shape index (κ1) is 15.0. The van der Waals surface area contributed by atoms with E-state index < -0.39 is 9.84 Å². The van der Waals surface area contributed by atoms with Gasteiger partial charge in [-0.15, -0.1) is 11.3 Å². The molecule has 1 aromatic rings. The number of nitrogens with one attached hydrogen (secondary N) is 1. The van der Waals surface area contributed by atoms with Crippen LogP contribution in [0.4, 0.5) is 0 Å². The van der Waals surface area contributed by atoms with Crippen molar-refractivity contribution in [2.24, 2.45) is 0 Å². The Bertz CT molecular complexity index is 498. The summed E-state index contributed by atoms with van der Waals surface area (Å²) in [6.45, 7) is 1.72. The molecule has 0 amide bonds. The standard InChI is InChI=1S/C14H23NO2S2/c1-3-19(16,17)9-5-7-12(15-2)14-10-11-6-4-8-13(11)18-14/h10,12,15H,3-9H2,1-2H3. The Balaban J connectivity index is 1.93. The number of aryl methyl sites for hydroxylation is 2. The van der Waals surface area contributed by atoms with Gasteiger partial charge in [-0.05, 0) is 50.8 Å². The third-order valence-corrected chi connectivity index (χ3v) is 6.99. The number of thiophene rings is 1. The van der Waals surface area contributed by atoms with Crippen LogP contribution in [0.2, 0.25) is 0 Å². The van der Waals surface area contributed by atoms with Crippen LogP contribution < -0.4 is 5.32 Å². The van der Waals surface area contributed by atoms with Crippen LogP contribution in [0.1, 0.15) is 47.5 Å². The van der Waals surface area contributed by atoms with Gasteiger partial charge < -0.3 is 5.32 Å². The molecule has 0 fully saturated rings. The molecule has 0 aromatic carbocycles. The van der Waals surface area contributed by atoms with Gasteiger partial charge >= 0.3 is 0 Å². The number of sulfone groups is 1. The fraction of sp³-hybridized carbons (Fsp3) is 0.714. The maximum atomic E-state index is 11.5. The molecule has 0 spiro atoms. The molecule has 1 aliphatic carbocycles. The van der Waals surface area contributed by atoms with Crippen LogP contribution in [0, 0.1) is 0 Å². The van der Waals surface area contributed by atoms with Crippen molar-refractivity contribution in [3.05, 3.63) is 21.4 Å². The number of rotatable bonds is 7. The summed E-state index contributed by atoms with van der Waals surface area (Å²) in [7, 11) is -0.864. The Labute approximate surface area is 120 Å². The zero-order valence-corrected chi connectivity index (χ0v) is 13.4. The van der Waals surface area contributed by atoms with Crippen LogP contribution in [0.25, 0.3) is 0 Å². The summed E-state index contributed by atoms with van der Waals surface area (Å²) in [5.41, 5.74) is 1.52. The van der Waals surface area contributed by atoms with Gasteiger partial charge in [0.2, 0.25) is 0 Å². The van der Waals surface area contributed by atoms with Crippen LogP contribution in [0.3, 0.4) is 0 Å². The molecule has 0 saturated carbocycles. The highest BCUT2D eigenvalue weighted by Gasteiger charge is 2.19. The summed E-state index contributed by atoms with van der Waals surface area (Å²) in [6.07, 6.45) is 5.37. The topological polar surface area (TPSA) is 46.2 Å². The van der Waals surface area contributed by atoms with Crippen LogP contribution >= 0.6 is 11.3 Å². The highest BCUT2D eigenvalue weighted by atomic mass is 32.2. The first-order valence-electron chi connectivity index (χ1n) is 7.05. The molecule has 3 nitrogen and oxygen atoms in total. The van der Waals surface area contributed by atoms with E-state index >= 15 is 0 Å². The highest BCUT2D eigenvalue weighted by molar-refractivity contribution is 7.91. The summed E-state index contributed by atoms with van der Waals surface area (Å²) in [4.78, 5) is 2.91. The van der Waals surface area contributed by atoms with Gasteiger partial charge in [0.1, 0.15) is 9.84 Å². The summed E-state index contributed by atoms with van der Waals surface area (Å²) in [5, 5.41) is 3.33. The fourth-order valence-electron chi connectivity index (χ4n) is 2.60. The van der Waals surface area contributed by atoms with Crippen LogP contribution in [-0.2, 0) is 22.7 Å². The van der Waals surface area contributed by atoms with Gasteiger partial charge in [0.25, 0.3) is 0 Å². The van der Waals surface area contributed by atoms with Gasteiger partial charge in [0.05, 0.1) is 5.75 Å². The predicted octanol–water partition coefficient (Wildman–Crippen LogP) is 2.71. The summed E-state index contributed by atoms with van der Waals surface area (Å²) in [6, 6.07) is 2.63. The van der Waals surface area contributed by atoms with E-state index in [2.05, 4.69) is 11.4 Å². The molecule has 2 rings (SSSR count). The molecule has 0 bridgehead atoms. The third-order valence-electron chi connectivity index (χ3n) is 3.85. The first-order valence-corrected chi connectivity index (χ1v) is 9.68. The van der Waals surface area contributed by atoms with Crippen molar-refractivity contribution >= 4 is 21.2 Å². The van der Waals surface area contributed by atoms with Gasteiger partial charge in [0.15, 0.2) is 0 Å². The van der Waals surface area contributed by atoms with Crippen molar-refractivity contribution in [1.82, 2.24) is 5.32 Å². The van der Waals surface area contributed by atoms with Crippen LogP contribution in [0.15, 0.2) is 6.07 Å². The minimum Gasteiger partial charge on any atom is -0.312 e. The van der Waals surface area contributed by atoms with Crippen molar-refractivity contribution in [1.29, 1.82) is 0 Å². The predicted molar refractivity (Wildman–Crippen MR) is 81.7 cm³/mol. The van der Waals surface area contributed by atoms with E-state index in [4.69, 9.17) is 0 Å². The molecule has 108 valence electrons. The summed E-state index contributed by atoms with van der Waals surface area (Å²) < 4.78 is 23.0. The summed E-state index contributed by atoms with van der Waals surface area (Å²) in [5.74, 6) is 0.567. The van der Waals surface area contributed by atoms with E-state index in [-0.39, 0.29) is 5.75 Å². The number of hydrogen-bond acceptors (Lipinski definition) is 4. The maximum Gasteiger partial charge on any atom is 0.150 e. The molecule has 19 heavy (non-hydrogen) atoms. The lowest BCUT2D eigenvalue weighted by molar-refractivity contribution is 0.542. The average Bonchev–Trinajstić information content (AvgIpc) is 2.95. The minimum atomic E-state index is -2.83. The zero-order chi connectivity index (χ0) is 13.9. The minimum absolute atomic E-state index is 0.254. The summed E-state index contributed by atoms with van der Waals surface area (Å²) >= 11 is 1.91. The lowest BCUT2D eigenvalue weighted by atomic mass is 10.1. The van der Waals surface area contributed by atoms with Gasteiger partial charge in [0, 0.05) is 21.5 Å². The first-order chi connectivity index (χ1) is 9.05. The Kier molecular flexibility index (Phi) is 5.03. The molecule has 1 aromatic heterocycles. The number of hydrogen-bond donors (Lipinski definition) is 1. The average molecular weight is 301 g/mol. The Morgan fingerprint density at radius 3 is 2.84 bits per heavy atom. The highest BCUT2D eigenvalue weighted by Crippen LogP contribution is 2.35. The second-order valence-corrected chi connectivity index (χ2v) is 8.81. The van der Waals surface area contributed by atoms with Crippen molar-refractivity contribution in [3.8, 4) is 0 Å². The Morgan fingerprint density at radius 1 is 1.42 bits per heavy atom. The van der Waals surface area contributed by atoms with E-state index in [0.29, 0.717) is 11.8 Å². The van der Waals surface area contributed by atoms with Gasteiger partial charge in [-0.25, -0.2) is 8.42 Å². The molecule has 1 heterocycles. The molecule has 1 aliphatic rings. The smallest absolute Gasteiger partial charge is 0.150 e.